The monoisotopic (exact) mass is 424 g/mol. The van der Waals surface area contributed by atoms with Gasteiger partial charge in [-0.25, -0.2) is 18.4 Å². The Bertz CT molecular complexity index is 1190. The molecule has 1 unspecified atom stereocenters. The lowest BCUT2D eigenvalue weighted by Crippen LogP contribution is -2.30. The number of hydrogen-bond acceptors (Lipinski definition) is 4. The van der Waals surface area contributed by atoms with Crippen molar-refractivity contribution < 1.29 is 13.6 Å². The molecule has 0 fully saturated rings. The van der Waals surface area contributed by atoms with E-state index in [1.807, 2.05) is 36.5 Å². The van der Waals surface area contributed by atoms with Gasteiger partial charge in [-0.05, 0) is 36.8 Å². The van der Waals surface area contributed by atoms with Crippen molar-refractivity contribution in [1.82, 2.24) is 19.7 Å². The fraction of sp³-hybridized carbons (Fsp3) is 0.136. The first-order valence-electron chi connectivity index (χ1n) is 9.22. The first-order chi connectivity index (χ1) is 14.4. The van der Waals surface area contributed by atoms with Crippen LogP contribution in [0.2, 0.25) is 0 Å². The van der Waals surface area contributed by atoms with Gasteiger partial charge in [-0.15, -0.1) is 11.3 Å². The van der Waals surface area contributed by atoms with Gasteiger partial charge in [0, 0.05) is 24.2 Å². The predicted octanol–water partition coefficient (Wildman–Crippen LogP) is 5.11. The molecule has 0 aliphatic rings. The molecule has 0 N–H and O–H groups in total. The van der Waals surface area contributed by atoms with E-state index >= 15 is 0 Å². The summed E-state index contributed by atoms with van der Waals surface area (Å²) in [5, 5.41) is 6.72. The molecular weight excluding hydrogens is 406 g/mol. The van der Waals surface area contributed by atoms with Crippen LogP contribution in [0.3, 0.4) is 0 Å². The van der Waals surface area contributed by atoms with E-state index in [0.29, 0.717) is 16.3 Å². The molecule has 4 aromatic rings. The maximum atomic E-state index is 13.5. The molecule has 2 aromatic carbocycles. The average molecular weight is 424 g/mol. The third-order valence-electron chi connectivity index (χ3n) is 4.90. The van der Waals surface area contributed by atoms with E-state index in [1.165, 1.54) is 22.3 Å². The van der Waals surface area contributed by atoms with Crippen molar-refractivity contribution in [2.75, 3.05) is 7.05 Å². The Balaban J connectivity index is 1.52. The number of benzene rings is 2. The summed E-state index contributed by atoms with van der Waals surface area (Å²) in [6.07, 6.45) is 3.56. The Morgan fingerprint density at radius 1 is 1.13 bits per heavy atom. The molecule has 4 rings (SSSR count). The third-order valence-corrected chi connectivity index (χ3v) is 5.79. The molecule has 5 nitrogen and oxygen atoms in total. The minimum atomic E-state index is -0.938. The number of nitrogens with zero attached hydrogens (tertiary/aromatic N) is 4. The fourth-order valence-electron chi connectivity index (χ4n) is 3.01. The molecule has 2 heterocycles. The van der Waals surface area contributed by atoms with E-state index in [1.54, 1.807) is 30.2 Å². The van der Waals surface area contributed by atoms with Crippen LogP contribution in [0.1, 0.15) is 29.0 Å². The zero-order valence-corrected chi connectivity index (χ0v) is 17.1. The summed E-state index contributed by atoms with van der Waals surface area (Å²) < 4.78 is 28.5. The molecule has 0 saturated carbocycles. The maximum Gasteiger partial charge on any atom is 0.273 e. The summed E-state index contributed by atoms with van der Waals surface area (Å²) in [5.74, 6) is -2.16. The number of halogens is 2. The number of rotatable bonds is 5. The Morgan fingerprint density at radius 3 is 2.63 bits per heavy atom. The van der Waals surface area contributed by atoms with Crippen LogP contribution in [-0.2, 0) is 0 Å². The number of carbonyl (C=O) groups is 1. The van der Waals surface area contributed by atoms with Crippen LogP contribution < -0.4 is 0 Å². The topological polar surface area (TPSA) is 51.0 Å². The van der Waals surface area contributed by atoms with Crippen molar-refractivity contribution >= 4 is 17.2 Å². The molecule has 0 radical (unpaired) electrons. The number of amides is 1. The van der Waals surface area contributed by atoms with Gasteiger partial charge in [-0.2, -0.15) is 5.10 Å². The van der Waals surface area contributed by atoms with Crippen molar-refractivity contribution in [3.8, 4) is 16.3 Å². The minimum Gasteiger partial charge on any atom is -0.334 e. The largest absolute Gasteiger partial charge is 0.334 e. The van der Waals surface area contributed by atoms with Gasteiger partial charge < -0.3 is 4.90 Å². The van der Waals surface area contributed by atoms with Gasteiger partial charge >= 0.3 is 0 Å². The Labute approximate surface area is 176 Å². The lowest BCUT2D eigenvalue weighted by Gasteiger charge is -2.24. The predicted molar refractivity (Wildman–Crippen MR) is 112 cm³/mol. The van der Waals surface area contributed by atoms with Crippen LogP contribution in [0.15, 0.2) is 66.3 Å². The van der Waals surface area contributed by atoms with Crippen molar-refractivity contribution in [1.29, 1.82) is 0 Å². The summed E-state index contributed by atoms with van der Waals surface area (Å²) in [5.41, 5.74) is 2.53. The quantitative estimate of drug-likeness (QED) is 0.448. The lowest BCUT2D eigenvalue weighted by molar-refractivity contribution is 0.0737. The van der Waals surface area contributed by atoms with Gasteiger partial charge in [0.1, 0.15) is 10.7 Å². The van der Waals surface area contributed by atoms with E-state index in [0.717, 1.165) is 23.4 Å². The first kappa shape index (κ1) is 19.9. The molecule has 1 amide bonds. The van der Waals surface area contributed by atoms with Gasteiger partial charge in [0.15, 0.2) is 11.6 Å². The summed E-state index contributed by atoms with van der Waals surface area (Å²) >= 11 is 1.35. The highest BCUT2D eigenvalue weighted by atomic mass is 32.1. The molecule has 0 aliphatic heterocycles. The van der Waals surface area contributed by atoms with E-state index in [-0.39, 0.29) is 5.91 Å². The second-order valence-electron chi connectivity index (χ2n) is 6.81. The highest BCUT2D eigenvalue weighted by molar-refractivity contribution is 7.13. The molecule has 30 heavy (non-hydrogen) atoms. The van der Waals surface area contributed by atoms with E-state index in [9.17, 15) is 13.6 Å². The molecular formula is C22H18F2N4OS. The van der Waals surface area contributed by atoms with Crippen LogP contribution in [0.25, 0.3) is 16.3 Å². The van der Waals surface area contributed by atoms with Crippen LogP contribution in [0, 0.1) is 11.6 Å². The highest BCUT2D eigenvalue weighted by Gasteiger charge is 2.22. The SMILES string of the molecule is CC(c1ccc(F)c(F)c1)N(C)C(=O)c1csc(-c2cnn(-c3ccccc3)c2)n1. The second-order valence-corrected chi connectivity index (χ2v) is 7.67. The molecule has 0 spiro atoms. The number of carbonyl (C=O) groups excluding carboxylic acids is 1. The lowest BCUT2D eigenvalue weighted by atomic mass is 10.1. The third kappa shape index (κ3) is 3.86. The molecule has 2 aromatic heterocycles. The molecule has 8 heteroatoms. The van der Waals surface area contributed by atoms with Gasteiger partial charge in [0.05, 0.1) is 17.9 Å². The molecule has 0 bridgehead atoms. The van der Waals surface area contributed by atoms with Crippen molar-refractivity contribution in [2.45, 2.75) is 13.0 Å². The zero-order valence-electron chi connectivity index (χ0n) is 16.3. The van der Waals surface area contributed by atoms with Crippen molar-refractivity contribution in [3.63, 3.8) is 0 Å². The fourth-order valence-corrected chi connectivity index (χ4v) is 3.78. The van der Waals surface area contributed by atoms with Crippen LogP contribution >= 0.6 is 11.3 Å². The smallest absolute Gasteiger partial charge is 0.273 e. The Morgan fingerprint density at radius 2 is 1.90 bits per heavy atom. The first-order valence-corrected chi connectivity index (χ1v) is 10.1. The summed E-state index contributed by atoms with van der Waals surface area (Å²) in [7, 11) is 1.61. The van der Waals surface area contributed by atoms with E-state index in [4.69, 9.17) is 0 Å². The highest BCUT2D eigenvalue weighted by Crippen LogP contribution is 2.27. The van der Waals surface area contributed by atoms with Crippen LogP contribution in [-0.4, -0.2) is 32.6 Å². The van der Waals surface area contributed by atoms with Crippen LogP contribution in [0.5, 0.6) is 0 Å². The summed E-state index contributed by atoms with van der Waals surface area (Å²) in [6.45, 7) is 1.75. The van der Waals surface area contributed by atoms with Crippen LogP contribution in [0.4, 0.5) is 8.78 Å². The number of para-hydroxylation sites is 1. The molecule has 152 valence electrons. The number of aromatic nitrogens is 3. The maximum absolute atomic E-state index is 13.5. The average Bonchev–Trinajstić information content (AvgIpc) is 3.44. The van der Waals surface area contributed by atoms with Gasteiger partial charge in [-0.3, -0.25) is 4.79 Å². The number of hydrogen-bond donors (Lipinski definition) is 0. The number of thiazole rings is 1. The van der Waals surface area contributed by atoms with Gasteiger partial charge in [0.25, 0.3) is 5.91 Å². The van der Waals surface area contributed by atoms with Crippen molar-refractivity contribution in [3.05, 3.63) is 89.2 Å². The summed E-state index contributed by atoms with van der Waals surface area (Å²) in [4.78, 5) is 18.8. The van der Waals surface area contributed by atoms with Gasteiger partial charge in [-0.1, -0.05) is 24.3 Å². The normalized spacial score (nSPS) is 12.0. The standard InChI is InChI=1S/C22H18F2N4OS/c1-14(15-8-9-18(23)19(24)10-15)27(2)22(29)20-13-30-21(26-20)16-11-25-28(12-16)17-6-4-3-5-7-17/h3-14H,1-2H3. The second kappa shape index (κ2) is 8.16. The molecule has 1 atom stereocenters. The van der Waals surface area contributed by atoms with E-state index < -0.39 is 17.7 Å². The molecule has 0 aliphatic carbocycles. The van der Waals surface area contributed by atoms with Crippen molar-refractivity contribution in [2.24, 2.45) is 0 Å². The Hall–Kier alpha value is -3.39. The Kier molecular flexibility index (Phi) is 5.41. The minimum absolute atomic E-state index is 0.291. The van der Waals surface area contributed by atoms with E-state index in [2.05, 4.69) is 10.1 Å². The van der Waals surface area contributed by atoms with Gasteiger partial charge in [0.2, 0.25) is 0 Å². The summed E-state index contributed by atoms with van der Waals surface area (Å²) in [6, 6.07) is 12.9. The molecule has 0 saturated heterocycles. The zero-order chi connectivity index (χ0) is 21.3.